The minimum Gasteiger partial charge on any atom is -0.479 e. The third kappa shape index (κ3) is 3.12. The molecule has 1 aromatic carbocycles. The first kappa shape index (κ1) is 17.9. The van der Waals surface area contributed by atoms with E-state index < -0.39 is 11.5 Å². The van der Waals surface area contributed by atoms with Gasteiger partial charge in [0.05, 0.1) is 10.7 Å². The van der Waals surface area contributed by atoms with Crippen LogP contribution in [0.1, 0.15) is 19.5 Å². The second kappa shape index (κ2) is 7.44. The molecule has 124 valence electrons. The SMILES string of the molecule is CC#CCOc1cc(-n2c(Cl)c(C#N)n(CC)c2=O)c(F)cc1Cl. The molecule has 0 N–H and O–H groups in total. The van der Waals surface area contributed by atoms with Crippen LogP contribution in [0.5, 0.6) is 5.75 Å². The number of nitriles is 1. The Morgan fingerprint density at radius 3 is 2.62 bits per heavy atom. The number of imidazole rings is 1. The summed E-state index contributed by atoms with van der Waals surface area (Å²) < 4.78 is 21.8. The monoisotopic (exact) mass is 367 g/mol. The fourth-order valence-electron chi connectivity index (χ4n) is 2.11. The highest BCUT2D eigenvalue weighted by Crippen LogP contribution is 2.31. The lowest BCUT2D eigenvalue weighted by atomic mass is 10.2. The maximum Gasteiger partial charge on any atom is 0.335 e. The average Bonchev–Trinajstić information content (AvgIpc) is 2.79. The van der Waals surface area contributed by atoms with Gasteiger partial charge in [-0.05, 0) is 19.9 Å². The molecule has 5 nitrogen and oxygen atoms in total. The molecule has 0 amide bonds. The van der Waals surface area contributed by atoms with Gasteiger partial charge in [-0.2, -0.15) is 5.26 Å². The zero-order chi connectivity index (χ0) is 17.9. The first-order valence-corrected chi connectivity index (χ1v) is 7.64. The minimum absolute atomic E-state index is 0.0359. The third-order valence-electron chi connectivity index (χ3n) is 3.22. The summed E-state index contributed by atoms with van der Waals surface area (Å²) in [5.74, 6) is 4.72. The number of hydrogen-bond acceptors (Lipinski definition) is 3. The highest BCUT2D eigenvalue weighted by Gasteiger charge is 2.22. The van der Waals surface area contributed by atoms with Crippen LogP contribution in [0.15, 0.2) is 16.9 Å². The summed E-state index contributed by atoms with van der Waals surface area (Å²) in [5, 5.41) is 9.02. The summed E-state index contributed by atoms with van der Waals surface area (Å²) in [6.45, 7) is 3.61. The maximum atomic E-state index is 14.3. The van der Waals surface area contributed by atoms with Crippen molar-refractivity contribution in [2.24, 2.45) is 0 Å². The highest BCUT2D eigenvalue weighted by molar-refractivity contribution is 6.32. The van der Waals surface area contributed by atoms with Gasteiger partial charge < -0.3 is 4.74 Å². The number of rotatable bonds is 4. The van der Waals surface area contributed by atoms with Crippen LogP contribution in [-0.4, -0.2) is 15.7 Å². The predicted molar refractivity (Wildman–Crippen MR) is 89.3 cm³/mol. The summed E-state index contributed by atoms with van der Waals surface area (Å²) in [6, 6.07) is 4.12. The summed E-state index contributed by atoms with van der Waals surface area (Å²) in [7, 11) is 0. The Balaban J connectivity index is 2.67. The Kier molecular flexibility index (Phi) is 5.56. The smallest absolute Gasteiger partial charge is 0.335 e. The summed E-state index contributed by atoms with van der Waals surface area (Å²) >= 11 is 12.0. The van der Waals surface area contributed by atoms with E-state index in [0.717, 1.165) is 15.2 Å². The van der Waals surface area contributed by atoms with Crippen LogP contribution in [0, 0.1) is 29.0 Å². The molecular formula is C16H12Cl2FN3O2. The van der Waals surface area contributed by atoms with Gasteiger partial charge in [0.25, 0.3) is 0 Å². The van der Waals surface area contributed by atoms with E-state index in [4.69, 9.17) is 33.2 Å². The number of ether oxygens (including phenoxy) is 1. The lowest BCUT2D eigenvalue weighted by Gasteiger charge is -2.10. The van der Waals surface area contributed by atoms with Crippen molar-refractivity contribution >= 4 is 23.2 Å². The zero-order valence-corrected chi connectivity index (χ0v) is 14.4. The molecule has 24 heavy (non-hydrogen) atoms. The molecule has 1 heterocycles. The van der Waals surface area contributed by atoms with Gasteiger partial charge in [0.2, 0.25) is 0 Å². The van der Waals surface area contributed by atoms with Gasteiger partial charge in [-0.3, -0.25) is 4.57 Å². The van der Waals surface area contributed by atoms with Gasteiger partial charge in [-0.25, -0.2) is 13.8 Å². The lowest BCUT2D eigenvalue weighted by molar-refractivity contribution is 0.369. The van der Waals surface area contributed by atoms with E-state index in [0.29, 0.717) is 0 Å². The fraction of sp³-hybridized carbons (Fsp3) is 0.250. The van der Waals surface area contributed by atoms with Crippen molar-refractivity contribution in [1.29, 1.82) is 5.26 Å². The summed E-state index contributed by atoms with van der Waals surface area (Å²) in [5.41, 5.74) is -0.824. The van der Waals surface area contributed by atoms with E-state index in [1.54, 1.807) is 13.8 Å². The van der Waals surface area contributed by atoms with Crippen LogP contribution in [0.2, 0.25) is 10.2 Å². The molecule has 0 aliphatic heterocycles. The predicted octanol–water partition coefficient (Wildman–Crippen LogP) is 3.38. The molecule has 0 spiro atoms. The van der Waals surface area contributed by atoms with E-state index in [1.165, 1.54) is 6.07 Å². The van der Waals surface area contributed by atoms with Crippen LogP contribution in [0.4, 0.5) is 4.39 Å². The van der Waals surface area contributed by atoms with Crippen molar-refractivity contribution in [3.63, 3.8) is 0 Å². The second-order valence-electron chi connectivity index (χ2n) is 4.56. The van der Waals surface area contributed by atoms with E-state index in [-0.39, 0.29) is 40.5 Å². The van der Waals surface area contributed by atoms with Gasteiger partial charge in [0.15, 0.2) is 10.8 Å². The Morgan fingerprint density at radius 2 is 2.08 bits per heavy atom. The van der Waals surface area contributed by atoms with Crippen molar-refractivity contribution in [1.82, 2.24) is 9.13 Å². The molecule has 0 bridgehead atoms. The molecule has 0 unspecified atom stereocenters. The van der Waals surface area contributed by atoms with Gasteiger partial charge in [-0.15, -0.1) is 5.92 Å². The Bertz CT molecular complexity index is 945. The highest BCUT2D eigenvalue weighted by atomic mass is 35.5. The largest absolute Gasteiger partial charge is 0.479 e. The first-order chi connectivity index (χ1) is 11.5. The fourth-order valence-corrected chi connectivity index (χ4v) is 2.63. The zero-order valence-electron chi connectivity index (χ0n) is 12.9. The Morgan fingerprint density at radius 1 is 1.38 bits per heavy atom. The molecule has 0 aliphatic carbocycles. The minimum atomic E-state index is -0.768. The number of halogens is 3. The van der Waals surface area contributed by atoms with Gasteiger partial charge in [0.1, 0.15) is 24.2 Å². The molecule has 0 saturated heterocycles. The number of hydrogen-bond donors (Lipinski definition) is 0. The summed E-state index contributed by atoms with van der Waals surface area (Å²) in [6.07, 6.45) is 0. The standard InChI is InChI=1S/C16H12Cl2FN3O2/c1-3-5-6-24-14-8-12(11(19)7-10(14)17)22-15(18)13(9-20)21(4-2)16(22)23/h7-8H,4,6H2,1-2H3. The van der Waals surface area contributed by atoms with Crippen LogP contribution >= 0.6 is 23.2 Å². The molecule has 8 heteroatoms. The maximum absolute atomic E-state index is 14.3. The van der Waals surface area contributed by atoms with Gasteiger partial charge in [0, 0.05) is 12.6 Å². The molecule has 0 radical (unpaired) electrons. The number of aromatic nitrogens is 2. The quantitative estimate of drug-likeness (QED) is 0.778. The molecule has 0 aliphatic rings. The third-order valence-corrected chi connectivity index (χ3v) is 3.87. The first-order valence-electron chi connectivity index (χ1n) is 6.89. The normalized spacial score (nSPS) is 10.0. The van der Waals surface area contributed by atoms with Crippen LogP contribution in [0.25, 0.3) is 5.69 Å². The van der Waals surface area contributed by atoms with Crippen LogP contribution < -0.4 is 10.4 Å². The summed E-state index contributed by atoms with van der Waals surface area (Å²) in [4.78, 5) is 12.4. The molecule has 0 atom stereocenters. The van der Waals surface area contributed by atoms with Crippen molar-refractivity contribution in [3.8, 4) is 29.3 Å². The van der Waals surface area contributed by atoms with Crippen molar-refractivity contribution in [2.75, 3.05) is 6.61 Å². The topological polar surface area (TPSA) is 60.0 Å². The van der Waals surface area contributed by atoms with Gasteiger partial charge in [-0.1, -0.05) is 29.1 Å². The molecule has 0 saturated carbocycles. The van der Waals surface area contributed by atoms with E-state index >= 15 is 0 Å². The second-order valence-corrected chi connectivity index (χ2v) is 5.33. The van der Waals surface area contributed by atoms with Crippen LogP contribution in [0.3, 0.4) is 0 Å². The lowest BCUT2D eigenvalue weighted by Crippen LogP contribution is -2.24. The Hall–Kier alpha value is -2.41. The molecule has 2 rings (SSSR count). The van der Waals surface area contributed by atoms with E-state index in [2.05, 4.69) is 11.8 Å². The van der Waals surface area contributed by atoms with Gasteiger partial charge >= 0.3 is 5.69 Å². The molecule has 2 aromatic rings. The molecule has 1 aromatic heterocycles. The Labute approximate surface area is 147 Å². The van der Waals surface area contributed by atoms with Crippen molar-refractivity contribution in [2.45, 2.75) is 20.4 Å². The molecule has 0 fully saturated rings. The van der Waals surface area contributed by atoms with Crippen molar-refractivity contribution < 1.29 is 9.13 Å². The van der Waals surface area contributed by atoms with E-state index in [1.807, 2.05) is 6.07 Å². The number of benzene rings is 1. The molecular weight excluding hydrogens is 356 g/mol. The number of nitrogens with zero attached hydrogens (tertiary/aromatic N) is 3. The van der Waals surface area contributed by atoms with Crippen molar-refractivity contribution in [3.05, 3.63) is 44.3 Å². The average molecular weight is 368 g/mol. The van der Waals surface area contributed by atoms with E-state index in [9.17, 15) is 9.18 Å². The van der Waals surface area contributed by atoms with Crippen LogP contribution in [-0.2, 0) is 6.54 Å².